The van der Waals surface area contributed by atoms with Crippen LogP contribution in [0.1, 0.15) is 11.1 Å². The Bertz CT molecular complexity index is 605. The first-order valence-electron chi connectivity index (χ1n) is 5.26. The van der Waals surface area contributed by atoms with E-state index in [1.54, 1.807) is 36.4 Å². The fourth-order valence-electron chi connectivity index (χ4n) is 1.48. The third-order valence-corrected chi connectivity index (χ3v) is 2.98. The van der Waals surface area contributed by atoms with Crippen LogP contribution in [0.5, 0.6) is 11.5 Å². The van der Waals surface area contributed by atoms with E-state index in [9.17, 15) is 0 Å². The molecular formula is C14H9Cl2NO. The summed E-state index contributed by atoms with van der Waals surface area (Å²) in [7, 11) is 0. The molecule has 0 atom stereocenters. The number of benzene rings is 2. The number of para-hydroxylation sites is 1. The summed E-state index contributed by atoms with van der Waals surface area (Å²) in [5, 5.41) is 9.44. The number of rotatable bonds is 3. The van der Waals surface area contributed by atoms with Gasteiger partial charge in [0.1, 0.15) is 17.6 Å². The number of nitrogens with zero attached hydrogens (tertiary/aromatic N) is 1. The summed E-state index contributed by atoms with van der Waals surface area (Å²) < 4.78 is 5.63. The Labute approximate surface area is 115 Å². The topological polar surface area (TPSA) is 33.0 Å². The maximum absolute atomic E-state index is 8.97. The van der Waals surface area contributed by atoms with Gasteiger partial charge in [-0.3, -0.25) is 0 Å². The Hall–Kier alpha value is -1.69. The maximum atomic E-state index is 8.97. The molecule has 0 unspecified atom stereocenters. The van der Waals surface area contributed by atoms with E-state index in [2.05, 4.69) is 6.07 Å². The van der Waals surface area contributed by atoms with Gasteiger partial charge in [0, 0.05) is 5.88 Å². The molecule has 0 aliphatic heterocycles. The summed E-state index contributed by atoms with van der Waals surface area (Å²) in [5.41, 5.74) is 1.39. The molecule has 0 fully saturated rings. The zero-order valence-corrected chi connectivity index (χ0v) is 10.9. The standard InChI is InChI=1S/C14H9Cl2NO/c15-8-10-5-6-14(12(16)7-10)18-13-4-2-1-3-11(13)9-17/h1-7H,8H2. The van der Waals surface area contributed by atoms with Gasteiger partial charge in [0.05, 0.1) is 10.6 Å². The largest absolute Gasteiger partial charge is 0.454 e. The first-order valence-corrected chi connectivity index (χ1v) is 6.17. The molecule has 0 aliphatic carbocycles. The molecule has 4 heteroatoms. The van der Waals surface area contributed by atoms with E-state index in [0.29, 0.717) is 28.0 Å². The van der Waals surface area contributed by atoms with Crippen LogP contribution >= 0.6 is 23.2 Å². The second-order valence-corrected chi connectivity index (χ2v) is 4.28. The Balaban J connectivity index is 2.32. The van der Waals surface area contributed by atoms with E-state index in [-0.39, 0.29) is 0 Å². The molecule has 0 heterocycles. The summed E-state index contributed by atoms with van der Waals surface area (Å²) in [4.78, 5) is 0. The molecule has 0 aliphatic rings. The molecule has 0 bridgehead atoms. The highest BCUT2D eigenvalue weighted by Gasteiger charge is 2.07. The Morgan fingerprint density at radius 3 is 2.56 bits per heavy atom. The highest BCUT2D eigenvalue weighted by Crippen LogP contribution is 2.31. The lowest BCUT2D eigenvalue weighted by atomic mass is 10.2. The summed E-state index contributed by atoms with van der Waals surface area (Å²) in [5.74, 6) is 1.39. The molecule has 0 aromatic heterocycles. The van der Waals surface area contributed by atoms with Crippen molar-refractivity contribution < 1.29 is 4.74 Å². The lowest BCUT2D eigenvalue weighted by Crippen LogP contribution is -1.89. The lowest BCUT2D eigenvalue weighted by Gasteiger charge is -2.09. The number of ether oxygens (including phenoxy) is 1. The SMILES string of the molecule is N#Cc1ccccc1Oc1ccc(CCl)cc1Cl. The van der Waals surface area contributed by atoms with Crippen molar-refractivity contribution in [1.29, 1.82) is 5.26 Å². The van der Waals surface area contributed by atoms with Gasteiger partial charge >= 0.3 is 0 Å². The van der Waals surface area contributed by atoms with Crippen molar-refractivity contribution in [3.63, 3.8) is 0 Å². The van der Waals surface area contributed by atoms with Gasteiger partial charge in [0.15, 0.2) is 0 Å². The van der Waals surface area contributed by atoms with Crippen molar-refractivity contribution in [2.24, 2.45) is 0 Å². The third-order valence-electron chi connectivity index (χ3n) is 2.38. The van der Waals surface area contributed by atoms with E-state index < -0.39 is 0 Å². The van der Waals surface area contributed by atoms with Gasteiger partial charge in [-0.1, -0.05) is 29.8 Å². The van der Waals surface area contributed by atoms with Crippen LogP contribution in [0.15, 0.2) is 42.5 Å². The van der Waals surface area contributed by atoms with E-state index in [1.807, 2.05) is 6.07 Å². The van der Waals surface area contributed by atoms with Crippen molar-refractivity contribution in [1.82, 2.24) is 0 Å². The summed E-state index contributed by atoms with van der Waals surface area (Å²) in [6.45, 7) is 0. The van der Waals surface area contributed by atoms with Crippen molar-refractivity contribution in [2.45, 2.75) is 5.88 Å². The number of halogens is 2. The van der Waals surface area contributed by atoms with Crippen molar-refractivity contribution in [3.05, 3.63) is 58.6 Å². The zero-order chi connectivity index (χ0) is 13.0. The van der Waals surface area contributed by atoms with Crippen LogP contribution in [0.3, 0.4) is 0 Å². The molecule has 2 aromatic carbocycles. The highest BCUT2D eigenvalue weighted by molar-refractivity contribution is 6.32. The van der Waals surface area contributed by atoms with Crippen LogP contribution in [-0.2, 0) is 5.88 Å². The van der Waals surface area contributed by atoms with E-state index in [1.165, 1.54) is 0 Å². The molecule has 0 radical (unpaired) electrons. The first-order chi connectivity index (χ1) is 8.74. The molecule has 0 saturated heterocycles. The van der Waals surface area contributed by atoms with Crippen LogP contribution in [-0.4, -0.2) is 0 Å². The molecule has 18 heavy (non-hydrogen) atoms. The van der Waals surface area contributed by atoms with Gasteiger partial charge in [-0.15, -0.1) is 11.6 Å². The van der Waals surface area contributed by atoms with Gasteiger partial charge in [0.25, 0.3) is 0 Å². The molecule has 2 rings (SSSR count). The molecule has 0 spiro atoms. The predicted octanol–water partition coefficient (Wildman–Crippen LogP) is 4.74. The van der Waals surface area contributed by atoms with Crippen LogP contribution in [0.2, 0.25) is 5.02 Å². The minimum absolute atomic E-state index is 0.398. The number of hydrogen-bond acceptors (Lipinski definition) is 2. The number of hydrogen-bond donors (Lipinski definition) is 0. The van der Waals surface area contributed by atoms with Crippen molar-refractivity contribution >= 4 is 23.2 Å². The first kappa shape index (κ1) is 12.8. The monoisotopic (exact) mass is 277 g/mol. The van der Waals surface area contributed by atoms with Crippen LogP contribution in [0, 0.1) is 11.3 Å². The Kier molecular flexibility index (Phi) is 4.09. The van der Waals surface area contributed by atoms with E-state index in [4.69, 9.17) is 33.2 Å². The molecule has 0 N–H and O–H groups in total. The third kappa shape index (κ3) is 2.76. The van der Waals surface area contributed by atoms with Gasteiger partial charge < -0.3 is 4.74 Å². The lowest BCUT2D eigenvalue weighted by molar-refractivity contribution is 0.481. The minimum Gasteiger partial charge on any atom is -0.454 e. The predicted molar refractivity (Wildman–Crippen MR) is 72.2 cm³/mol. The number of nitriles is 1. The molecule has 90 valence electrons. The number of alkyl halides is 1. The van der Waals surface area contributed by atoms with Crippen molar-refractivity contribution in [3.8, 4) is 17.6 Å². The normalized spacial score (nSPS) is 9.83. The van der Waals surface area contributed by atoms with Crippen LogP contribution < -0.4 is 4.74 Å². The van der Waals surface area contributed by atoms with Gasteiger partial charge in [-0.25, -0.2) is 0 Å². The molecular weight excluding hydrogens is 269 g/mol. The Morgan fingerprint density at radius 2 is 1.89 bits per heavy atom. The minimum atomic E-state index is 0.398. The van der Waals surface area contributed by atoms with E-state index >= 15 is 0 Å². The smallest absolute Gasteiger partial charge is 0.146 e. The van der Waals surface area contributed by atoms with E-state index in [0.717, 1.165) is 5.56 Å². The maximum Gasteiger partial charge on any atom is 0.146 e. The molecule has 0 saturated carbocycles. The van der Waals surface area contributed by atoms with Crippen LogP contribution in [0.25, 0.3) is 0 Å². The second kappa shape index (κ2) is 5.77. The summed E-state index contributed by atoms with van der Waals surface area (Å²) >= 11 is 11.8. The summed E-state index contributed by atoms with van der Waals surface area (Å²) in [6.07, 6.45) is 0. The average molecular weight is 278 g/mol. The van der Waals surface area contributed by atoms with Gasteiger partial charge in [0.2, 0.25) is 0 Å². The van der Waals surface area contributed by atoms with Gasteiger partial charge in [-0.05, 0) is 29.8 Å². The van der Waals surface area contributed by atoms with Crippen LogP contribution in [0.4, 0.5) is 0 Å². The molecule has 0 amide bonds. The average Bonchev–Trinajstić information content (AvgIpc) is 2.41. The van der Waals surface area contributed by atoms with Gasteiger partial charge in [-0.2, -0.15) is 5.26 Å². The molecule has 2 aromatic rings. The fraction of sp³-hybridized carbons (Fsp3) is 0.0714. The Morgan fingerprint density at radius 1 is 1.11 bits per heavy atom. The summed E-state index contributed by atoms with van der Waals surface area (Å²) in [6, 6.07) is 14.4. The quantitative estimate of drug-likeness (QED) is 0.759. The highest BCUT2D eigenvalue weighted by atomic mass is 35.5. The second-order valence-electron chi connectivity index (χ2n) is 3.61. The molecule has 2 nitrogen and oxygen atoms in total. The van der Waals surface area contributed by atoms with Crippen molar-refractivity contribution in [2.75, 3.05) is 0 Å². The zero-order valence-electron chi connectivity index (χ0n) is 9.36. The fourth-order valence-corrected chi connectivity index (χ4v) is 1.88.